The minimum Gasteiger partial charge on any atom is -0.370 e. The number of benzene rings is 1. The summed E-state index contributed by atoms with van der Waals surface area (Å²) in [5.41, 5.74) is 2.68. The van der Waals surface area contributed by atoms with Gasteiger partial charge in [-0.25, -0.2) is 0 Å². The number of aromatic nitrogens is 1. The van der Waals surface area contributed by atoms with Crippen LogP contribution < -0.4 is 4.90 Å². The molecule has 0 N–H and O–H groups in total. The Morgan fingerprint density at radius 3 is 2.58 bits per heavy atom. The molecule has 2 fully saturated rings. The molecular weight excluding hydrogens is 346 g/mol. The molecule has 4 rings (SSSR count). The number of piperidine rings is 1. The third kappa shape index (κ3) is 3.43. The Bertz CT molecular complexity index is 774. The topological polar surface area (TPSA) is 36.4 Å². The van der Waals surface area contributed by atoms with Crippen LogP contribution in [0.15, 0.2) is 42.6 Å². The zero-order valence-electron chi connectivity index (χ0n) is 14.9. The van der Waals surface area contributed by atoms with Crippen LogP contribution in [0.1, 0.15) is 54.2 Å². The maximum atomic E-state index is 13.2. The van der Waals surface area contributed by atoms with Crippen LogP contribution in [-0.2, 0) is 0 Å². The Labute approximate surface area is 159 Å². The highest BCUT2D eigenvalue weighted by atomic mass is 35.5. The molecule has 136 valence electrons. The summed E-state index contributed by atoms with van der Waals surface area (Å²) in [6.45, 7) is 2.85. The van der Waals surface area contributed by atoms with E-state index in [-0.39, 0.29) is 11.9 Å². The van der Waals surface area contributed by atoms with Gasteiger partial charge >= 0.3 is 0 Å². The summed E-state index contributed by atoms with van der Waals surface area (Å²) >= 11 is 6.52. The van der Waals surface area contributed by atoms with Crippen LogP contribution in [0, 0.1) is 0 Å². The lowest BCUT2D eigenvalue weighted by atomic mass is 9.97. The maximum absolute atomic E-state index is 13.2. The SMILES string of the molecule is O=C(c1ccc(N2CCCC2)c(Cl)c1)N1CCCCC1c1ccccn1. The van der Waals surface area contributed by atoms with Crippen LogP contribution in [0.3, 0.4) is 0 Å². The number of rotatable bonds is 3. The van der Waals surface area contributed by atoms with Crippen molar-refractivity contribution in [1.82, 2.24) is 9.88 Å². The van der Waals surface area contributed by atoms with Gasteiger partial charge in [0, 0.05) is 31.4 Å². The number of anilines is 1. The molecule has 0 aliphatic carbocycles. The van der Waals surface area contributed by atoms with E-state index >= 15 is 0 Å². The molecule has 3 heterocycles. The van der Waals surface area contributed by atoms with Gasteiger partial charge in [-0.2, -0.15) is 0 Å². The van der Waals surface area contributed by atoms with E-state index in [0.29, 0.717) is 10.6 Å². The second-order valence-electron chi connectivity index (χ2n) is 7.13. The van der Waals surface area contributed by atoms with Gasteiger partial charge in [0.05, 0.1) is 22.4 Å². The van der Waals surface area contributed by atoms with E-state index in [1.54, 1.807) is 6.20 Å². The molecule has 0 bridgehead atoms. The van der Waals surface area contributed by atoms with Gasteiger partial charge in [0.15, 0.2) is 0 Å². The second-order valence-corrected chi connectivity index (χ2v) is 7.53. The number of carbonyl (C=O) groups is 1. The van der Waals surface area contributed by atoms with E-state index in [0.717, 1.165) is 50.3 Å². The first-order valence-electron chi connectivity index (χ1n) is 9.50. The Hall–Kier alpha value is -2.07. The van der Waals surface area contributed by atoms with Gasteiger partial charge in [-0.1, -0.05) is 17.7 Å². The molecule has 1 amide bonds. The number of nitrogens with zero attached hydrogens (tertiary/aromatic N) is 3. The fourth-order valence-corrected chi connectivity index (χ4v) is 4.38. The third-order valence-electron chi connectivity index (χ3n) is 5.43. The second kappa shape index (κ2) is 7.67. The van der Waals surface area contributed by atoms with Crippen molar-refractivity contribution in [2.45, 2.75) is 38.1 Å². The monoisotopic (exact) mass is 369 g/mol. The first-order chi connectivity index (χ1) is 12.7. The molecule has 1 unspecified atom stereocenters. The maximum Gasteiger partial charge on any atom is 0.254 e. The van der Waals surface area contributed by atoms with Crippen molar-refractivity contribution < 1.29 is 4.79 Å². The van der Waals surface area contributed by atoms with Crippen molar-refractivity contribution in [3.05, 3.63) is 58.9 Å². The van der Waals surface area contributed by atoms with E-state index in [1.807, 2.05) is 41.3 Å². The Kier molecular flexibility index (Phi) is 5.11. The summed E-state index contributed by atoms with van der Waals surface area (Å²) in [5.74, 6) is 0.0511. The van der Waals surface area contributed by atoms with E-state index in [1.165, 1.54) is 12.8 Å². The van der Waals surface area contributed by atoms with E-state index in [4.69, 9.17) is 11.6 Å². The van der Waals surface area contributed by atoms with Gasteiger partial charge in [-0.15, -0.1) is 0 Å². The molecule has 5 heteroatoms. The average molecular weight is 370 g/mol. The highest BCUT2D eigenvalue weighted by Crippen LogP contribution is 2.33. The van der Waals surface area contributed by atoms with Crippen molar-refractivity contribution >= 4 is 23.2 Å². The summed E-state index contributed by atoms with van der Waals surface area (Å²) in [6, 6.07) is 11.7. The summed E-state index contributed by atoms with van der Waals surface area (Å²) in [4.78, 5) is 21.9. The lowest BCUT2D eigenvalue weighted by Gasteiger charge is -2.35. The lowest BCUT2D eigenvalue weighted by molar-refractivity contribution is 0.0606. The van der Waals surface area contributed by atoms with Crippen molar-refractivity contribution in [3.63, 3.8) is 0 Å². The molecule has 2 aliphatic rings. The summed E-state index contributed by atoms with van der Waals surface area (Å²) in [5, 5.41) is 0.671. The van der Waals surface area contributed by atoms with E-state index < -0.39 is 0 Å². The number of hydrogen-bond acceptors (Lipinski definition) is 3. The number of hydrogen-bond donors (Lipinski definition) is 0. The minimum absolute atomic E-state index is 0.0504. The quantitative estimate of drug-likeness (QED) is 0.786. The number of carbonyl (C=O) groups excluding carboxylic acids is 1. The molecule has 1 aromatic heterocycles. The molecule has 2 aromatic rings. The van der Waals surface area contributed by atoms with Gasteiger partial charge in [-0.05, 0) is 62.4 Å². The Morgan fingerprint density at radius 2 is 1.85 bits per heavy atom. The van der Waals surface area contributed by atoms with Crippen LogP contribution in [-0.4, -0.2) is 35.4 Å². The Morgan fingerprint density at radius 1 is 1.04 bits per heavy atom. The smallest absolute Gasteiger partial charge is 0.254 e. The van der Waals surface area contributed by atoms with E-state index in [2.05, 4.69) is 9.88 Å². The van der Waals surface area contributed by atoms with Gasteiger partial charge in [-0.3, -0.25) is 9.78 Å². The molecule has 1 aromatic carbocycles. The Balaban J connectivity index is 1.58. The molecule has 2 aliphatic heterocycles. The largest absolute Gasteiger partial charge is 0.370 e. The predicted molar refractivity (Wildman–Crippen MR) is 105 cm³/mol. The van der Waals surface area contributed by atoms with Gasteiger partial charge < -0.3 is 9.80 Å². The summed E-state index contributed by atoms with van der Waals surface area (Å²) in [6.07, 6.45) is 7.33. The number of halogens is 1. The first kappa shape index (κ1) is 17.3. The van der Waals surface area contributed by atoms with E-state index in [9.17, 15) is 4.79 Å². The molecule has 1 atom stereocenters. The fourth-order valence-electron chi connectivity index (χ4n) is 4.08. The number of amides is 1. The molecule has 0 radical (unpaired) electrons. The van der Waals surface area contributed by atoms with Gasteiger partial charge in [0.1, 0.15) is 0 Å². The summed E-state index contributed by atoms with van der Waals surface area (Å²) in [7, 11) is 0. The highest BCUT2D eigenvalue weighted by molar-refractivity contribution is 6.33. The predicted octanol–water partition coefficient (Wildman–Crippen LogP) is 4.70. The van der Waals surface area contributed by atoms with Crippen LogP contribution in [0.25, 0.3) is 0 Å². The molecule has 4 nitrogen and oxygen atoms in total. The van der Waals surface area contributed by atoms with Crippen molar-refractivity contribution in [1.29, 1.82) is 0 Å². The van der Waals surface area contributed by atoms with Crippen molar-refractivity contribution in [2.75, 3.05) is 24.5 Å². The summed E-state index contributed by atoms with van der Waals surface area (Å²) < 4.78 is 0. The molecule has 2 saturated heterocycles. The molecule has 26 heavy (non-hydrogen) atoms. The van der Waals surface area contributed by atoms with Crippen molar-refractivity contribution in [3.8, 4) is 0 Å². The number of pyridine rings is 1. The van der Waals surface area contributed by atoms with Gasteiger partial charge in [0.25, 0.3) is 5.91 Å². The lowest BCUT2D eigenvalue weighted by Crippen LogP contribution is -2.38. The molecular formula is C21H24ClN3O. The average Bonchev–Trinajstić information content (AvgIpc) is 3.22. The molecule has 0 saturated carbocycles. The van der Waals surface area contributed by atoms with Crippen LogP contribution >= 0.6 is 11.6 Å². The number of likely N-dealkylation sites (tertiary alicyclic amines) is 1. The minimum atomic E-state index is 0.0504. The van der Waals surface area contributed by atoms with Crippen LogP contribution in [0.2, 0.25) is 5.02 Å². The zero-order valence-corrected chi connectivity index (χ0v) is 15.7. The third-order valence-corrected chi connectivity index (χ3v) is 5.74. The normalized spacial score (nSPS) is 20.4. The van der Waals surface area contributed by atoms with Crippen LogP contribution in [0.4, 0.5) is 5.69 Å². The van der Waals surface area contributed by atoms with Crippen molar-refractivity contribution in [2.24, 2.45) is 0 Å². The fraction of sp³-hybridized carbons (Fsp3) is 0.429. The standard InChI is InChI=1S/C21H24ClN3O/c22-17-15-16(9-10-19(17)24-12-5-6-13-24)21(26)25-14-4-2-8-20(25)18-7-1-3-11-23-18/h1,3,7,9-11,15,20H,2,4-6,8,12-14H2. The zero-order chi connectivity index (χ0) is 17.9. The first-order valence-corrected chi connectivity index (χ1v) is 9.88. The van der Waals surface area contributed by atoms with Gasteiger partial charge in [0.2, 0.25) is 0 Å². The molecule has 0 spiro atoms. The van der Waals surface area contributed by atoms with Crippen LogP contribution in [0.5, 0.6) is 0 Å². The highest BCUT2D eigenvalue weighted by Gasteiger charge is 2.30.